The van der Waals surface area contributed by atoms with Crippen LogP contribution in [0.5, 0.6) is 5.75 Å². The Morgan fingerprint density at radius 3 is 2.85 bits per heavy atom. The summed E-state index contributed by atoms with van der Waals surface area (Å²) in [6.07, 6.45) is 1.94. The third kappa shape index (κ3) is 4.03. The average Bonchev–Trinajstić information content (AvgIpc) is 3.48. The van der Waals surface area contributed by atoms with Crippen molar-refractivity contribution in [3.05, 3.63) is 64.8 Å². The molecule has 7 nitrogen and oxygen atoms in total. The first-order valence-electron chi connectivity index (χ1n) is 11.5. The van der Waals surface area contributed by atoms with E-state index in [1.807, 2.05) is 54.0 Å². The number of fused-ring (bicyclic) bond motifs is 3. The number of nitrogens with one attached hydrogen (secondary N) is 1. The van der Waals surface area contributed by atoms with Gasteiger partial charge < -0.3 is 24.3 Å². The van der Waals surface area contributed by atoms with Crippen molar-refractivity contribution in [2.45, 2.75) is 44.5 Å². The minimum absolute atomic E-state index is 0.0143. The maximum absolute atomic E-state index is 13.8. The van der Waals surface area contributed by atoms with Crippen LogP contribution in [0.4, 0.5) is 0 Å². The third-order valence-electron chi connectivity index (χ3n) is 6.87. The molecule has 2 aliphatic rings. The lowest BCUT2D eigenvalue weighted by Gasteiger charge is -2.44. The number of hydrogen-bond donors (Lipinski definition) is 1. The van der Waals surface area contributed by atoms with Crippen LogP contribution in [0.3, 0.4) is 0 Å². The van der Waals surface area contributed by atoms with Crippen LogP contribution in [0.15, 0.2) is 48.5 Å². The van der Waals surface area contributed by atoms with E-state index in [0.717, 1.165) is 35.9 Å². The summed E-state index contributed by atoms with van der Waals surface area (Å²) in [4.78, 5) is 29.2. The summed E-state index contributed by atoms with van der Waals surface area (Å²) in [6.45, 7) is 3.57. The summed E-state index contributed by atoms with van der Waals surface area (Å²) in [5.41, 5.74) is 1.17. The molecule has 3 heterocycles. The molecule has 2 atom stereocenters. The van der Waals surface area contributed by atoms with Gasteiger partial charge in [-0.2, -0.15) is 0 Å². The molecule has 5 rings (SSSR count). The number of halogens is 1. The lowest BCUT2D eigenvalue weighted by molar-refractivity contribution is -0.133. The quantitative estimate of drug-likeness (QED) is 0.577. The minimum atomic E-state index is -1.11. The molecule has 0 saturated carbocycles. The topological polar surface area (TPSA) is 72.8 Å². The molecule has 2 aliphatic heterocycles. The minimum Gasteiger partial charge on any atom is -0.497 e. The first-order valence-corrected chi connectivity index (χ1v) is 11.9. The molecular weight excluding hydrogens is 454 g/mol. The summed E-state index contributed by atoms with van der Waals surface area (Å²) in [5, 5.41) is 4.57. The Morgan fingerprint density at radius 2 is 2.12 bits per heavy atom. The van der Waals surface area contributed by atoms with E-state index < -0.39 is 5.54 Å². The highest BCUT2D eigenvalue weighted by atomic mass is 35.5. The van der Waals surface area contributed by atoms with Gasteiger partial charge in [0.1, 0.15) is 17.0 Å². The average molecular weight is 482 g/mol. The van der Waals surface area contributed by atoms with Gasteiger partial charge >= 0.3 is 0 Å². The first-order chi connectivity index (χ1) is 16.4. The first kappa shape index (κ1) is 22.7. The second kappa shape index (κ2) is 8.96. The monoisotopic (exact) mass is 481 g/mol. The Hall–Kier alpha value is -3.03. The molecule has 1 fully saturated rings. The Kier molecular flexibility index (Phi) is 6.00. The zero-order valence-electron chi connectivity index (χ0n) is 19.3. The van der Waals surface area contributed by atoms with Crippen molar-refractivity contribution in [2.24, 2.45) is 0 Å². The van der Waals surface area contributed by atoms with Crippen LogP contribution in [0.2, 0.25) is 5.02 Å². The molecule has 0 aliphatic carbocycles. The molecule has 1 N–H and O–H groups in total. The molecular formula is C26H28ClN3O4. The van der Waals surface area contributed by atoms with Gasteiger partial charge in [-0.15, -0.1) is 0 Å². The van der Waals surface area contributed by atoms with Crippen LogP contribution in [0.1, 0.15) is 35.8 Å². The van der Waals surface area contributed by atoms with Crippen molar-refractivity contribution >= 4 is 34.3 Å². The number of benzene rings is 2. The van der Waals surface area contributed by atoms with Crippen LogP contribution in [-0.2, 0) is 22.6 Å². The molecule has 8 heteroatoms. The zero-order valence-corrected chi connectivity index (χ0v) is 20.1. The van der Waals surface area contributed by atoms with Crippen molar-refractivity contribution < 1.29 is 19.1 Å². The summed E-state index contributed by atoms with van der Waals surface area (Å²) in [7, 11) is 1.61. The third-order valence-corrected chi connectivity index (χ3v) is 7.11. The van der Waals surface area contributed by atoms with E-state index in [1.165, 1.54) is 0 Å². The number of amides is 2. The molecule has 1 saturated heterocycles. The molecule has 3 aromatic rings. The van der Waals surface area contributed by atoms with Gasteiger partial charge in [-0.3, -0.25) is 9.59 Å². The fourth-order valence-corrected chi connectivity index (χ4v) is 5.14. The van der Waals surface area contributed by atoms with Crippen LogP contribution in [-0.4, -0.2) is 53.2 Å². The second-order valence-electron chi connectivity index (χ2n) is 9.18. The number of carbonyl (C=O) groups excluding carboxylic acids is 2. The fourth-order valence-electron chi connectivity index (χ4n) is 4.93. The standard InChI is InChI=1S/C26H28ClN3O4/c1-26(25(32)28-14-21-7-4-10-34-21)16-29-22-13-20(33-2)9-8-18(22)12-23(29)24(31)30(26)15-17-5-3-6-19(27)11-17/h3,5-6,8-9,11-13,21H,4,7,10,14-16H2,1-2H3,(H,28,32)/t21-,26+/m0/s1. The Labute approximate surface area is 203 Å². The number of rotatable bonds is 6. The maximum atomic E-state index is 13.8. The van der Waals surface area contributed by atoms with Gasteiger partial charge in [0.15, 0.2) is 0 Å². The maximum Gasteiger partial charge on any atom is 0.271 e. The molecule has 2 amide bonds. The van der Waals surface area contributed by atoms with Gasteiger partial charge in [-0.1, -0.05) is 23.7 Å². The van der Waals surface area contributed by atoms with E-state index >= 15 is 0 Å². The van der Waals surface area contributed by atoms with Crippen LogP contribution in [0.25, 0.3) is 10.9 Å². The number of hydrogen-bond acceptors (Lipinski definition) is 4. The predicted octanol–water partition coefficient (Wildman–Crippen LogP) is 4.01. The number of ether oxygens (including phenoxy) is 2. The number of methoxy groups -OCH3 is 1. The van der Waals surface area contributed by atoms with Gasteiger partial charge in [0.2, 0.25) is 5.91 Å². The fraction of sp³-hybridized carbons (Fsp3) is 0.385. The van der Waals surface area contributed by atoms with E-state index in [-0.39, 0.29) is 24.5 Å². The van der Waals surface area contributed by atoms with E-state index in [0.29, 0.717) is 29.6 Å². The lowest BCUT2D eigenvalue weighted by atomic mass is 9.93. The largest absolute Gasteiger partial charge is 0.497 e. The van der Waals surface area contributed by atoms with E-state index in [4.69, 9.17) is 21.1 Å². The van der Waals surface area contributed by atoms with Crippen molar-refractivity contribution in [2.75, 3.05) is 20.3 Å². The van der Waals surface area contributed by atoms with Gasteiger partial charge in [0.25, 0.3) is 5.91 Å². The predicted molar refractivity (Wildman–Crippen MR) is 130 cm³/mol. The smallest absolute Gasteiger partial charge is 0.271 e. The molecule has 0 bridgehead atoms. The van der Waals surface area contributed by atoms with Gasteiger partial charge in [0.05, 0.1) is 25.3 Å². The number of carbonyl (C=O) groups is 2. The highest BCUT2D eigenvalue weighted by Gasteiger charge is 2.47. The van der Waals surface area contributed by atoms with Gasteiger partial charge in [-0.25, -0.2) is 0 Å². The zero-order chi connectivity index (χ0) is 23.9. The Morgan fingerprint density at radius 1 is 1.26 bits per heavy atom. The van der Waals surface area contributed by atoms with Crippen LogP contribution >= 0.6 is 11.6 Å². The molecule has 0 unspecified atom stereocenters. The summed E-state index contributed by atoms with van der Waals surface area (Å²) in [6, 6.07) is 15.0. The van der Waals surface area contributed by atoms with Gasteiger partial charge in [-0.05, 0) is 55.7 Å². The molecule has 0 radical (unpaired) electrons. The normalized spacial score (nSPS) is 22.1. The SMILES string of the molecule is COc1ccc2cc3n(c2c1)C[C@](C)(C(=O)NC[C@@H]1CCCO1)N(Cc1cccc(Cl)c1)C3=O. The molecule has 178 valence electrons. The van der Waals surface area contributed by atoms with E-state index in [1.54, 1.807) is 18.1 Å². The van der Waals surface area contributed by atoms with Crippen molar-refractivity contribution in [3.8, 4) is 5.75 Å². The Balaban J connectivity index is 1.54. The van der Waals surface area contributed by atoms with Crippen LogP contribution in [0, 0.1) is 0 Å². The molecule has 34 heavy (non-hydrogen) atoms. The summed E-state index contributed by atoms with van der Waals surface area (Å²) < 4.78 is 13.0. The number of nitrogens with zero attached hydrogens (tertiary/aromatic N) is 2. The highest BCUT2D eigenvalue weighted by Crippen LogP contribution is 2.35. The number of aromatic nitrogens is 1. The summed E-state index contributed by atoms with van der Waals surface area (Å²) >= 11 is 6.21. The van der Waals surface area contributed by atoms with Gasteiger partial charge in [0, 0.05) is 36.2 Å². The molecule has 0 spiro atoms. The molecule has 2 aromatic carbocycles. The van der Waals surface area contributed by atoms with E-state index in [2.05, 4.69) is 5.32 Å². The van der Waals surface area contributed by atoms with Crippen molar-refractivity contribution in [1.29, 1.82) is 0 Å². The van der Waals surface area contributed by atoms with Crippen LogP contribution < -0.4 is 10.1 Å². The molecule has 1 aromatic heterocycles. The van der Waals surface area contributed by atoms with E-state index in [9.17, 15) is 9.59 Å². The summed E-state index contributed by atoms with van der Waals surface area (Å²) in [5.74, 6) is 0.302. The second-order valence-corrected chi connectivity index (χ2v) is 9.62. The Bertz CT molecular complexity index is 1250. The lowest BCUT2D eigenvalue weighted by Crippen LogP contribution is -2.64. The van der Waals surface area contributed by atoms with Crippen molar-refractivity contribution in [1.82, 2.24) is 14.8 Å². The highest BCUT2D eigenvalue weighted by molar-refractivity contribution is 6.30. The van der Waals surface area contributed by atoms with Crippen molar-refractivity contribution in [3.63, 3.8) is 0 Å².